The first kappa shape index (κ1) is 22.0. The standard InChI is InChI=1S/C23H27ClN2O4/c1-3-14-30-21-19(24)15-18(16-20(21)29-4-2)23(28)26-12-10-25(11-13-26)22(27)17-8-6-5-7-9-17/h5-9,15-16H,3-4,10-14H2,1-2H3. The second kappa shape index (κ2) is 10.3. The number of benzene rings is 2. The number of carbonyl (C=O) groups is 2. The fourth-order valence-electron chi connectivity index (χ4n) is 3.36. The van der Waals surface area contributed by atoms with Crippen LogP contribution in [-0.2, 0) is 0 Å². The van der Waals surface area contributed by atoms with Crippen molar-refractivity contribution >= 4 is 23.4 Å². The maximum absolute atomic E-state index is 13.0. The predicted octanol–water partition coefficient (Wildman–Crippen LogP) is 4.13. The number of hydrogen-bond acceptors (Lipinski definition) is 4. The molecule has 0 N–H and O–H groups in total. The van der Waals surface area contributed by atoms with Gasteiger partial charge in [-0.3, -0.25) is 9.59 Å². The summed E-state index contributed by atoms with van der Waals surface area (Å²) in [7, 11) is 0. The van der Waals surface area contributed by atoms with Gasteiger partial charge in [-0.1, -0.05) is 36.7 Å². The molecule has 1 aliphatic heterocycles. The Kier molecular flexibility index (Phi) is 7.57. The van der Waals surface area contributed by atoms with Gasteiger partial charge in [0.2, 0.25) is 0 Å². The van der Waals surface area contributed by atoms with Crippen molar-refractivity contribution in [1.29, 1.82) is 0 Å². The second-order valence-electron chi connectivity index (χ2n) is 7.02. The van der Waals surface area contributed by atoms with Gasteiger partial charge < -0.3 is 19.3 Å². The highest BCUT2D eigenvalue weighted by atomic mass is 35.5. The SMILES string of the molecule is CCCOc1c(Cl)cc(C(=O)N2CCN(C(=O)c3ccccc3)CC2)cc1OCC. The third-order valence-electron chi connectivity index (χ3n) is 4.88. The zero-order valence-corrected chi connectivity index (χ0v) is 18.2. The summed E-state index contributed by atoms with van der Waals surface area (Å²) in [6.45, 7) is 6.75. The monoisotopic (exact) mass is 430 g/mol. The van der Waals surface area contributed by atoms with Crippen LogP contribution in [0.1, 0.15) is 41.0 Å². The summed E-state index contributed by atoms with van der Waals surface area (Å²) in [6, 6.07) is 12.5. The van der Waals surface area contributed by atoms with Gasteiger partial charge in [-0.15, -0.1) is 0 Å². The van der Waals surface area contributed by atoms with Crippen LogP contribution in [0.15, 0.2) is 42.5 Å². The van der Waals surface area contributed by atoms with E-state index in [0.29, 0.717) is 67.0 Å². The van der Waals surface area contributed by atoms with E-state index in [4.69, 9.17) is 21.1 Å². The summed E-state index contributed by atoms with van der Waals surface area (Å²) < 4.78 is 11.4. The van der Waals surface area contributed by atoms with E-state index in [1.165, 1.54) is 0 Å². The zero-order valence-electron chi connectivity index (χ0n) is 17.4. The Bertz CT molecular complexity index is 880. The maximum Gasteiger partial charge on any atom is 0.254 e. The van der Waals surface area contributed by atoms with E-state index in [1.54, 1.807) is 34.1 Å². The number of halogens is 1. The molecular weight excluding hydrogens is 404 g/mol. The highest BCUT2D eigenvalue weighted by Gasteiger charge is 2.26. The van der Waals surface area contributed by atoms with Crippen LogP contribution in [0.2, 0.25) is 5.02 Å². The van der Waals surface area contributed by atoms with E-state index in [0.717, 1.165) is 6.42 Å². The number of rotatable bonds is 7. The average molecular weight is 431 g/mol. The van der Waals surface area contributed by atoms with Gasteiger partial charge in [0, 0.05) is 37.3 Å². The highest BCUT2D eigenvalue weighted by molar-refractivity contribution is 6.32. The molecule has 160 valence electrons. The molecular formula is C23H27ClN2O4. The second-order valence-corrected chi connectivity index (χ2v) is 7.42. The Morgan fingerprint density at radius 2 is 1.50 bits per heavy atom. The molecule has 2 amide bonds. The van der Waals surface area contributed by atoms with Gasteiger partial charge in [0.1, 0.15) is 0 Å². The van der Waals surface area contributed by atoms with E-state index >= 15 is 0 Å². The molecule has 6 nitrogen and oxygen atoms in total. The minimum atomic E-state index is -0.133. The molecule has 2 aromatic rings. The lowest BCUT2D eigenvalue weighted by atomic mass is 10.1. The molecule has 0 atom stereocenters. The number of amides is 2. The molecule has 0 saturated carbocycles. The summed E-state index contributed by atoms with van der Waals surface area (Å²) >= 11 is 6.39. The Hall–Kier alpha value is -2.73. The molecule has 0 bridgehead atoms. The van der Waals surface area contributed by atoms with Crippen molar-refractivity contribution < 1.29 is 19.1 Å². The zero-order chi connectivity index (χ0) is 21.5. The third-order valence-corrected chi connectivity index (χ3v) is 5.16. The number of ether oxygens (including phenoxy) is 2. The lowest BCUT2D eigenvalue weighted by Crippen LogP contribution is -2.50. The first-order valence-electron chi connectivity index (χ1n) is 10.3. The fraction of sp³-hybridized carbons (Fsp3) is 0.391. The van der Waals surface area contributed by atoms with Crippen molar-refractivity contribution in [2.75, 3.05) is 39.4 Å². The largest absolute Gasteiger partial charge is 0.490 e. The molecule has 0 aromatic heterocycles. The van der Waals surface area contributed by atoms with Crippen molar-refractivity contribution in [2.24, 2.45) is 0 Å². The van der Waals surface area contributed by atoms with Gasteiger partial charge in [0.25, 0.3) is 11.8 Å². The van der Waals surface area contributed by atoms with E-state index in [2.05, 4.69) is 0 Å². The summed E-state index contributed by atoms with van der Waals surface area (Å²) in [5.41, 5.74) is 1.11. The van der Waals surface area contributed by atoms with Gasteiger partial charge in [0.05, 0.1) is 18.2 Å². The summed E-state index contributed by atoms with van der Waals surface area (Å²) in [6.07, 6.45) is 0.842. The van der Waals surface area contributed by atoms with Crippen LogP contribution < -0.4 is 9.47 Å². The quantitative estimate of drug-likeness (QED) is 0.662. The Morgan fingerprint density at radius 1 is 0.900 bits per heavy atom. The van der Waals surface area contributed by atoms with E-state index in [-0.39, 0.29) is 11.8 Å². The van der Waals surface area contributed by atoms with E-state index in [9.17, 15) is 9.59 Å². The minimum Gasteiger partial charge on any atom is -0.490 e. The van der Waals surface area contributed by atoms with Gasteiger partial charge in [0.15, 0.2) is 11.5 Å². The Labute approximate surface area is 182 Å². The molecule has 7 heteroatoms. The molecule has 1 aliphatic rings. The van der Waals surface area contributed by atoms with Crippen molar-refractivity contribution in [1.82, 2.24) is 9.80 Å². The van der Waals surface area contributed by atoms with Crippen molar-refractivity contribution in [3.63, 3.8) is 0 Å². The van der Waals surface area contributed by atoms with Crippen molar-refractivity contribution in [3.05, 3.63) is 58.6 Å². The van der Waals surface area contributed by atoms with Crippen molar-refractivity contribution in [2.45, 2.75) is 20.3 Å². The number of nitrogens with zero attached hydrogens (tertiary/aromatic N) is 2. The first-order valence-corrected chi connectivity index (χ1v) is 10.7. The maximum atomic E-state index is 13.0. The summed E-state index contributed by atoms with van der Waals surface area (Å²) in [4.78, 5) is 29.2. The van der Waals surface area contributed by atoms with Crippen LogP contribution in [0.4, 0.5) is 0 Å². The normalized spacial score (nSPS) is 13.8. The van der Waals surface area contributed by atoms with Gasteiger partial charge in [-0.25, -0.2) is 0 Å². The summed E-state index contributed by atoms with van der Waals surface area (Å²) in [5, 5.41) is 0.357. The van der Waals surface area contributed by atoms with Crippen LogP contribution in [0.3, 0.4) is 0 Å². The minimum absolute atomic E-state index is 0.0122. The van der Waals surface area contributed by atoms with Crippen LogP contribution in [0, 0.1) is 0 Å². The lowest BCUT2D eigenvalue weighted by molar-refractivity contribution is 0.0535. The van der Waals surface area contributed by atoms with E-state index in [1.807, 2.05) is 32.0 Å². The lowest BCUT2D eigenvalue weighted by Gasteiger charge is -2.35. The molecule has 1 saturated heterocycles. The van der Waals surface area contributed by atoms with Gasteiger partial charge >= 0.3 is 0 Å². The summed E-state index contributed by atoms with van der Waals surface area (Å²) in [5.74, 6) is 0.795. The molecule has 1 heterocycles. The van der Waals surface area contributed by atoms with Crippen LogP contribution in [-0.4, -0.2) is 61.0 Å². The fourth-order valence-corrected chi connectivity index (χ4v) is 3.62. The molecule has 1 fully saturated rings. The molecule has 0 aliphatic carbocycles. The Morgan fingerprint density at radius 3 is 2.07 bits per heavy atom. The number of piperazine rings is 1. The smallest absolute Gasteiger partial charge is 0.254 e. The van der Waals surface area contributed by atoms with E-state index < -0.39 is 0 Å². The van der Waals surface area contributed by atoms with Gasteiger partial charge in [-0.2, -0.15) is 0 Å². The number of hydrogen-bond donors (Lipinski definition) is 0. The highest BCUT2D eigenvalue weighted by Crippen LogP contribution is 2.37. The Balaban J connectivity index is 1.69. The average Bonchev–Trinajstić information content (AvgIpc) is 2.78. The first-order chi connectivity index (χ1) is 14.5. The van der Waals surface area contributed by atoms with Crippen LogP contribution in [0.5, 0.6) is 11.5 Å². The molecule has 0 unspecified atom stereocenters. The van der Waals surface area contributed by atoms with Gasteiger partial charge in [-0.05, 0) is 37.6 Å². The molecule has 3 rings (SSSR count). The molecule has 0 spiro atoms. The molecule has 30 heavy (non-hydrogen) atoms. The molecule has 2 aromatic carbocycles. The van der Waals surface area contributed by atoms with Crippen LogP contribution >= 0.6 is 11.6 Å². The number of carbonyl (C=O) groups excluding carboxylic acids is 2. The van der Waals surface area contributed by atoms with Crippen molar-refractivity contribution in [3.8, 4) is 11.5 Å². The predicted molar refractivity (Wildman–Crippen MR) is 117 cm³/mol. The van der Waals surface area contributed by atoms with Crippen LogP contribution in [0.25, 0.3) is 0 Å². The topological polar surface area (TPSA) is 59.1 Å². The third kappa shape index (κ3) is 5.05. The molecule has 0 radical (unpaired) electrons.